The molecule has 0 fully saturated rings. The summed E-state index contributed by atoms with van der Waals surface area (Å²) in [5, 5.41) is 9.67. The number of nitrogens with zero attached hydrogens (tertiary/aromatic N) is 2. The fourth-order valence-corrected chi connectivity index (χ4v) is 9.36. The van der Waals surface area contributed by atoms with E-state index >= 15 is 0 Å². The Labute approximate surface area is 341 Å². The fraction of sp³-hybridized carbons (Fsp3) is 0. The van der Waals surface area contributed by atoms with Crippen molar-refractivity contribution < 1.29 is 4.42 Å². The van der Waals surface area contributed by atoms with Gasteiger partial charge in [0.15, 0.2) is 0 Å². The molecule has 2 heterocycles. The maximum atomic E-state index is 6.72. The Morgan fingerprint density at radius 3 is 1.68 bits per heavy atom. The molecule has 0 amide bonds. The van der Waals surface area contributed by atoms with Gasteiger partial charge in [-0.05, 0) is 105 Å². The summed E-state index contributed by atoms with van der Waals surface area (Å²) in [4.78, 5) is 2.31. The molecule has 0 unspecified atom stereocenters. The van der Waals surface area contributed by atoms with Gasteiger partial charge < -0.3 is 13.9 Å². The summed E-state index contributed by atoms with van der Waals surface area (Å²) in [6.07, 6.45) is 0. The number of rotatable bonds is 6. The molecule has 276 valence electrons. The van der Waals surface area contributed by atoms with E-state index in [9.17, 15) is 0 Å². The summed E-state index contributed by atoms with van der Waals surface area (Å²) in [7, 11) is 0. The van der Waals surface area contributed by atoms with E-state index in [1.807, 2.05) is 0 Å². The highest BCUT2D eigenvalue weighted by molar-refractivity contribution is 6.27. The Hall–Kier alpha value is -7.88. The van der Waals surface area contributed by atoms with Crippen LogP contribution in [0.3, 0.4) is 0 Å². The van der Waals surface area contributed by atoms with Gasteiger partial charge in [-0.1, -0.05) is 146 Å². The number of aromatic nitrogens is 1. The SMILES string of the molecule is c1ccc(-c2c3c(cc4c2c2ccc(-c5cc6ccccc6c6ccccc56)cc2n4-c2ccc(N(c4ccccc4)c4ccccc4)cc2)oc2ccccc23)cc1. The first-order valence-electron chi connectivity index (χ1n) is 20.2. The summed E-state index contributed by atoms with van der Waals surface area (Å²) >= 11 is 0. The molecule has 0 saturated carbocycles. The second-order valence-corrected chi connectivity index (χ2v) is 15.3. The van der Waals surface area contributed by atoms with Crippen molar-refractivity contribution >= 4 is 82.4 Å². The van der Waals surface area contributed by atoms with Gasteiger partial charge >= 0.3 is 0 Å². The van der Waals surface area contributed by atoms with E-state index in [-0.39, 0.29) is 0 Å². The van der Waals surface area contributed by atoms with Crippen LogP contribution in [0.1, 0.15) is 0 Å². The van der Waals surface area contributed by atoms with E-state index in [2.05, 4.69) is 228 Å². The molecule has 12 rings (SSSR count). The van der Waals surface area contributed by atoms with Gasteiger partial charge in [-0.2, -0.15) is 0 Å². The van der Waals surface area contributed by atoms with Crippen molar-refractivity contribution in [3.05, 3.63) is 218 Å². The molecule has 0 bridgehead atoms. The predicted octanol–water partition coefficient (Wildman–Crippen LogP) is 15.8. The zero-order chi connectivity index (χ0) is 38.9. The van der Waals surface area contributed by atoms with Gasteiger partial charge in [0.2, 0.25) is 0 Å². The van der Waals surface area contributed by atoms with E-state index in [4.69, 9.17) is 4.42 Å². The smallest absolute Gasteiger partial charge is 0.138 e. The molecule has 3 heteroatoms. The third kappa shape index (κ3) is 5.29. The predicted molar refractivity (Wildman–Crippen MR) is 249 cm³/mol. The first-order chi connectivity index (χ1) is 29.3. The van der Waals surface area contributed by atoms with Crippen LogP contribution in [0.4, 0.5) is 17.1 Å². The molecule has 0 aliphatic heterocycles. The number of benzene rings is 10. The van der Waals surface area contributed by atoms with Crippen LogP contribution < -0.4 is 4.90 Å². The number of furan rings is 1. The zero-order valence-electron chi connectivity index (χ0n) is 32.1. The minimum absolute atomic E-state index is 0.873. The van der Waals surface area contributed by atoms with E-state index in [0.29, 0.717) is 0 Å². The lowest BCUT2D eigenvalue weighted by Gasteiger charge is -2.25. The minimum atomic E-state index is 0.873. The molecule has 0 spiro atoms. The molecule has 0 N–H and O–H groups in total. The van der Waals surface area contributed by atoms with Crippen LogP contribution in [0.15, 0.2) is 223 Å². The van der Waals surface area contributed by atoms with Crippen LogP contribution >= 0.6 is 0 Å². The Balaban J connectivity index is 1.16. The molecule has 10 aromatic carbocycles. The largest absolute Gasteiger partial charge is 0.456 e. The quantitative estimate of drug-likeness (QED) is 0.158. The highest BCUT2D eigenvalue weighted by Gasteiger charge is 2.24. The van der Waals surface area contributed by atoms with E-state index in [1.165, 1.54) is 49.0 Å². The Kier molecular flexibility index (Phi) is 7.54. The van der Waals surface area contributed by atoms with Crippen LogP contribution in [0.5, 0.6) is 0 Å². The van der Waals surface area contributed by atoms with Crippen molar-refractivity contribution in [3.8, 4) is 27.9 Å². The van der Waals surface area contributed by atoms with E-state index in [0.717, 1.165) is 61.3 Å². The lowest BCUT2D eigenvalue weighted by molar-refractivity contribution is 0.669. The van der Waals surface area contributed by atoms with Gasteiger partial charge in [0.05, 0.1) is 11.0 Å². The van der Waals surface area contributed by atoms with Crippen LogP contribution in [0.25, 0.3) is 93.2 Å². The van der Waals surface area contributed by atoms with Crippen LogP contribution in [0, 0.1) is 0 Å². The van der Waals surface area contributed by atoms with Gasteiger partial charge in [-0.3, -0.25) is 0 Å². The van der Waals surface area contributed by atoms with Crippen molar-refractivity contribution in [2.24, 2.45) is 0 Å². The van der Waals surface area contributed by atoms with Crippen molar-refractivity contribution in [2.45, 2.75) is 0 Å². The third-order valence-electron chi connectivity index (χ3n) is 11.9. The highest BCUT2D eigenvalue weighted by Crippen LogP contribution is 2.47. The van der Waals surface area contributed by atoms with Crippen molar-refractivity contribution in [2.75, 3.05) is 4.90 Å². The maximum Gasteiger partial charge on any atom is 0.138 e. The molecule has 0 radical (unpaired) electrons. The van der Waals surface area contributed by atoms with Gasteiger partial charge in [-0.15, -0.1) is 0 Å². The normalized spacial score (nSPS) is 11.7. The van der Waals surface area contributed by atoms with Crippen LogP contribution in [-0.2, 0) is 0 Å². The monoisotopic (exact) mass is 752 g/mol. The second kappa shape index (κ2) is 13.4. The minimum Gasteiger partial charge on any atom is -0.456 e. The third-order valence-corrected chi connectivity index (χ3v) is 11.9. The van der Waals surface area contributed by atoms with Crippen molar-refractivity contribution in [3.63, 3.8) is 0 Å². The Morgan fingerprint density at radius 1 is 0.356 bits per heavy atom. The molecule has 59 heavy (non-hydrogen) atoms. The lowest BCUT2D eigenvalue weighted by Crippen LogP contribution is -2.09. The molecule has 0 aliphatic rings. The lowest BCUT2D eigenvalue weighted by atomic mass is 9.92. The average molecular weight is 753 g/mol. The summed E-state index contributed by atoms with van der Waals surface area (Å²) in [5.74, 6) is 0. The number of anilines is 3. The highest BCUT2D eigenvalue weighted by atomic mass is 16.3. The van der Waals surface area contributed by atoms with Gasteiger partial charge in [0.1, 0.15) is 11.2 Å². The van der Waals surface area contributed by atoms with Gasteiger partial charge in [-0.25, -0.2) is 0 Å². The summed E-state index contributed by atoms with van der Waals surface area (Å²) < 4.78 is 9.16. The molecular formula is C56H36N2O. The summed E-state index contributed by atoms with van der Waals surface area (Å²) in [5.41, 5.74) is 13.1. The number of hydrogen-bond acceptors (Lipinski definition) is 2. The topological polar surface area (TPSA) is 21.3 Å². The van der Waals surface area contributed by atoms with Crippen LogP contribution in [-0.4, -0.2) is 4.57 Å². The van der Waals surface area contributed by atoms with Crippen molar-refractivity contribution in [1.29, 1.82) is 0 Å². The molecule has 2 aromatic heterocycles. The fourth-order valence-electron chi connectivity index (χ4n) is 9.36. The number of fused-ring (bicyclic) bond motifs is 9. The zero-order valence-corrected chi connectivity index (χ0v) is 32.1. The first kappa shape index (κ1) is 33.3. The Bertz CT molecular complexity index is 3490. The molecule has 0 aliphatic carbocycles. The van der Waals surface area contributed by atoms with Gasteiger partial charge in [0.25, 0.3) is 0 Å². The van der Waals surface area contributed by atoms with Crippen molar-refractivity contribution in [1.82, 2.24) is 4.57 Å². The molecule has 3 nitrogen and oxygen atoms in total. The van der Waals surface area contributed by atoms with Gasteiger partial charge in [0, 0.05) is 55.9 Å². The summed E-state index contributed by atoms with van der Waals surface area (Å²) in [6.45, 7) is 0. The second-order valence-electron chi connectivity index (χ2n) is 15.3. The van der Waals surface area contributed by atoms with E-state index in [1.54, 1.807) is 0 Å². The molecule has 12 aromatic rings. The van der Waals surface area contributed by atoms with E-state index < -0.39 is 0 Å². The number of hydrogen-bond donors (Lipinski definition) is 0. The molecule has 0 atom stereocenters. The standard InChI is InChI=1S/C56H36N2O/c1-4-16-37(17-5-1)54-55-47-33-28-39(49-34-38-18-10-11-23-44(38)45-24-12-13-25-46(45)49)35-50(47)58(51(55)36-53-56(54)48-26-14-15-27-52(48)59-53)43-31-29-42(30-32-43)57(40-19-6-2-7-20-40)41-21-8-3-9-22-41/h1-36H. The average Bonchev–Trinajstić information content (AvgIpc) is 3.84. The first-order valence-corrected chi connectivity index (χ1v) is 20.2. The maximum absolute atomic E-state index is 6.72. The molecular weight excluding hydrogens is 717 g/mol. The summed E-state index contributed by atoms with van der Waals surface area (Å²) in [6, 6.07) is 78.6. The Morgan fingerprint density at radius 2 is 0.949 bits per heavy atom. The number of para-hydroxylation sites is 3. The van der Waals surface area contributed by atoms with Crippen LogP contribution in [0.2, 0.25) is 0 Å². The molecule has 0 saturated heterocycles.